The van der Waals surface area contributed by atoms with Gasteiger partial charge in [0.15, 0.2) is 0 Å². The van der Waals surface area contributed by atoms with Crippen molar-refractivity contribution in [3.63, 3.8) is 0 Å². The van der Waals surface area contributed by atoms with Gasteiger partial charge in [-0.3, -0.25) is 9.69 Å². The van der Waals surface area contributed by atoms with Crippen LogP contribution in [0.4, 0.5) is 10.5 Å². The number of amides is 2. The average molecular weight is 388 g/mol. The van der Waals surface area contributed by atoms with E-state index >= 15 is 0 Å². The molecule has 1 fully saturated rings. The Labute approximate surface area is 157 Å². The molecule has 138 valence electrons. The smallest absolute Gasteiger partial charge is 0.321 e. The Kier molecular flexibility index (Phi) is 6.93. The molecule has 2 rings (SSSR count). The molecule has 0 radical (unpaired) electrons. The summed E-state index contributed by atoms with van der Waals surface area (Å²) in [5.41, 5.74) is 1.34. The molecule has 1 saturated heterocycles. The number of hydrogen-bond acceptors (Lipinski definition) is 3. The SMILES string of the molecule is CCN(CC(=O)O)C1CCN(C(=O)Nc2cc(Cl)c(C)c(Cl)c2)CC1. The quantitative estimate of drug-likeness (QED) is 0.807. The summed E-state index contributed by atoms with van der Waals surface area (Å²) in [5.74, 6) is -0.824. The Morgan fingerprint density at radius 2 is 1.84 bits per heavy atom. The first-order chi connectivity index (χ1) is 11.8. The van der Waals surface area contributed by atoms with Gasteiger partial charge in [-0.1, -0.05) is 30.1 Å². The Bertz CT molecular complexity index is 623. The minimum atomic E-state index is -0.824. The van der Waals surface area contributed by atoms with Crippen LogP contribution in [0.2, 0.25) is 10.0 Å². The molecule has 0 unspecified atom stereocenters. The van der Waals surface area contributed by atoms with Crippen molar-refractivity contribution < 1.29 is 14.7 Å². The van der Waals surface area contributed by atoms with Crippen LogP contribution in [0.5, 0.6) is 0 Å². The number of likely N-dealkylation sites (tertiary alicyclic amines) is 1. The maximum atomic E-state index is 12.4. The lowest BCUT2D eigenvalue weighted by Gasteiger charge is -2.37. The van der Waals surface area contributed by atoms with E-state index in [0.29, 0.717) is 35.4 Å². The van der Waals surface area contributed by atoms with Gasteiger partial charge < -0.3 is 15.3 Å². The molecule has 0 bridgehead atoms. The first kappa shape index (κ1) is 19.8. The maximum Gasteiger partial charge on any atom is 0.321 e. The minimum Gasteiger partial charge on any atom is -0.480 e. The van der Waals surface area contributed by atoms with Gasteiger partial charge in [-0.15, -0.1) is 0 Å². The van der Waals surface area contributed by atoms with Crippen LogP contribution >= 0.6 is 23.2 Å². The van der Waals surface area contributed by atoms with Crippen molar-refractivity contribution in [1.82, 2.24) is 9.80 Å². The molecule has 6 nitrogen and oxygen atoms in total. The number of nitrogens with zero attached hydrogens (tertiary/aromatic N) is 2. The number of benzene rings is 1. The topological polar surface area (TPSA) is 72.9 Å². The third-order valence-electron chi connectivity index (χ3n) is 4.54. The van der Waals surface area contributed by atoms with Crippen molar-refractivity contribution in [3.8, 4) is 0 Å². The lowest BCUT2D eigenvalue weighted by molar-refractivity contribution is -0.139. The Morgan fingerprint density at radius 3 is 2.32 bits per heavy atom. The van der Waals surface area contributed by atoms with E-state index in [4.69, 9.17) is 28.3 Å². The molecule has 1 aromatic rings. The highest BCUT2D eigenvalue weighted by Gasteiger charge is 2.27. The normalized spacial score (nSPS) is 15.5. The van der Waals surface area contributed by atoms with Crippen LogP contribution in [0.1, 0.15) is 25.3 Å². The first-order valence-electron chi connectivity index (χ1n) is 8.29. The zero-order valence-electron chi connectivity index (χ0n) is 14.4. The number of carbonyl (C=O) groups excluding carboxylic acids is 1. The molecule has 0 aromatic heterocycles. The third-order valence-corrected chi connectivity index (χ3v) is 5.33. The van der Waals surface area contributed by atoms with Crippen LogP contribution in [-0.2, 0) is 4.79 Å². The number of hydrogen-bond donors (Lipinski definition) is 2. The van der Waals surface area contributed by atoms with E-state index in [1.54, 1.807) is 17.0 Å². The summed E-state index contributed by atoms with van der Waals surface area (Å²) in [6.07, 6.45) is 1.51. The second-order valence-electron chi connectivity index (χ2n) is 6.17. The Morgan fingerprint density at radius 1 is 1.28 bits per heavy atom. The molecule has 0 aliphatic carbocycles. The zero-order chi connectivity index (χ0) is 18.6. The molecule has 1 aliphatic heterocycles. The number of rotatable bonds is 5. The fraction of sp³-hybridized carbons (Fsp3) is 0.529. The van der Waals surface area contributed by atoms with Gasteiger partial charge in [0, 0.05) is 34.9 Å². The van der Waals surface area contributed by atoms with Crippen LogP contribution in [0.15, 0.2) is 12.1 Å². The van der Waals surface area contributed by atoms with Crippen molar-refractivity contribution in [2.75, 3.05) is 31.5 Å². The second kappa shape index (κ2) is 8.74. The van der Waals surface area contributed by atoms with Gasteiger partial charge in [0.1, 0.15) is 0 Å². The summed E-state index contributed by atoms with van der Waals surface area (Å²) < 4.78 is 0. The van der Waals surface area contributed by atoms with E-state index in [1.807, 2.05) is 18.7 Å². The number of carboxylic acids is 1. The number of nitrogens with one attached hydrogen (secondary N) is 1. The van der Waals surface area contributed by atoms with E-state index in [2.05, 4.69) is 5.32 Å². The van der Waals surface area contributed by atoms with Gasteiger partial charge in [-0.2, -0.15) is 0 Å². The molecule has 1 heterocycles. The predicted molar refractivity (Wildman–Crippen MR) is 99.7 cm³/mol. The van der Waals surface area contributed by atoms with Gasteiger partial charge in [-0.25, -0.2) is 4.79 Å². The van der Waals surface area contributed by atoms with Crippen LogP contribution in [0.3, 0.4) is 0 Å². The van der Waals surface area contributed by atoms with Crippen LogP contribution in [0, 0.1) is 6.92 Å². The summed E-state index contributed by atoms with van der Waals surface area (Å²) in [4.78, 5) is 27.0. The highest BCUT2D eigenvalue weighted by Crippen LogP contribution is 2.28. The largest absolute Gasteiger partial charge is 0.480 e. The highest BCUT2D eigenvalue weighted by molar-refractivity contribution is 6.36. The van der Waals surface area contributed by atoms with Gasteiger partial charge >= 0.3 is 12.0 Å². The van der Waals surface area contributed by atoms with Crippen LogP contribution in [-0.4, -0.2) is 59.1 Å². The van der Waals surface area contributed by atoms with E-state index in [1.165, 1.54) is 0 Å². The number of carboxylic acid groups (broad SMARTS) is 1. The van der Waals surface area contributed by atoms with Crippen LogP contribution < -0.4 is 5.32 Å². The van der Waals surface area contributed by atoms with E-state index < -0.39 is 5.97 Å². The predicted octanol–water partition coefficient (Wildman–Crippen LogP) is 3.70. The molecule has 2 amide bonds. The monoisotopic (exact) mass is 387 g/mol. The summed E-state index contributed by atoms with van der Waals surface area (Å²) in [6.45, 7) is 5.65. The van der Waals surface area contributed by atoms with Gasteiger partial charge in [0.05, 0.1) is 6.54 Å². The standard InChI is InChI=1S/C17H23Cl2N3O3/c1-3-21(10-16(23)24)13-4-6-22(7-5-13)17(25)20-12-8-14(18)11(2)15(19)9-12/h8-9,13H,3-7,10H2,1-2H3,(H,20,25)(H,23,24). The van der Waals surface area contributed by atoms with Crippen molar-refractivity contribution in [1.29, 1.82) is 0 Å². The number of aliphatic carboxylic acids is 1. The number of anilines is 1. The zero-order valence-corrected chi connectivity index (χ0v) is 15.9. The van der Waals surface area contributed by atoms with Crippen molar-refractivity contribution >= 4 is 40.9 Å². The maximum absolute atomic E-state index is 12.4. The summed E-state index contributed by atoms with van der Waals surface area (Å²) >= 11 is 12.2. The van der Waals surface area contributed by atoms with Gasteiger partial charge in [-0.05, 0) is 44.0 Å². The first-order valence-corrected chi connectivity index (χ1v) is 9.04. The molecular formula is C17H23Cl2N3O3. The molecular weight excluding hydrogens is 365 g/mol. The van der Waals surface area contributed by atoms with Gasteiger partial charge in [0.25, 0.3) is 0 Å². The van der Waals surface area contributed by atoms with E-state index in [0.717, 1.165) is 18.4 Å². The Hall–Kier alpha value is -1.50. The number of urea groups is 1. The molecule has 1 aromatic carbocycles. The molecule has 0 saturated carbocycles. The molecule has 1 aliphatic rings. The summed E-state index contributed by atoms with van der Waals surface area (Å²) in [5, 5.41) is 12.8. The lowest BCUT2D eigenvalue weighted by atomic mass is 10.0. The highest BCUT2D eigenvalue weighted by atomic mass is 35.5. The summed E-state index contributed by atoms with van der Waals surface area (Å²) in [6, 6.07) is 3.35. The summed E-state index contributed by atoms with van der Waals surface area (Å²) in [7, 11) is 0. The van der Waals surface area contributed by atoms with E-state index in [9.17, 15) is 9.59 Å². The second-order valence-corrected chi connectivity index (χ2v) is 6.98. The fourth-order valence-corrected chi connectivity index (χ4v) is 3.51. The lowest BCUT2D eigenvalue weighted by Crippen LogP contribution is -2.49. The number of halogens is 2. The Balaban J connectivity index is 1.92. The third kappa shape index (κ3) is 5.23. The molecule has 2 N–H and O–H groups in total. The average Bonchev–Trinajstić information content (AvgIpc) is 2.57. The minimum absolute atomic E-state index is 0.0354. The molecule has 25 heavy (non-hydrogen) atoms. The fourth-order valence-electron chi connectivity index (χ4n) is 3.03. The van der Waals surface area contributed by atoms with Crippen molar-refractivity contribution in [2.45, 2.75) is 32.7 Å². The number of piperidine rings is 1. The van der Waals surface area contributed by atoms with E-state index in [-0.39, 0.29) is 18.6 Å². The van der Waals surface area contributed by atoms with Crippen molar-refractivity contribution in [2.24, 2.45) is 0 Å². The molecule has 0 atom stereocenters. The molecule has 0 spiro atoms. The van der Waals surface area contributed by atoms with Crippen molar-refractivity contribution in [3.05, 3.63) is 27.7 Å². The van der Waals surface area contributed by atoms with Crippen LogP contribution in [0.25, 0.3) is 0 Å². The van der Waals surface area contributed by atoms with Gasteiger partial charge in [0.2, 0.25) is 0 Å². The molecule has 8 heteroatoms. The number of carbonyl (C=O) groups is 2. The number of likely N-dealkylation sites (N-methyl/N-ethyl adjacent to an activating group) is 1.